The van der Waals surface area contributed by atoms with Crippen molar-refractivity contribution in [3.63, 3.8) is 0 Å². The Balaban J connectivity index is 0.000000468. The summed E-state index contributed by atoms with van der Waals surface area (Å²) in [4.78, 5) is 2.59. The Labute approximate surface area is 244 Å². The van der Waals surface area contributed by atoms with Crippen LogP contribution in [-0.4, -0.2) is 20.5 Å². The molecule has 0 spiro atoms. The summed E-state index contributed by atoms with van der Waals surface area (Å²) < 4.78 is 0.137. The molecule has 0 aliphatic rings. The molecule has 188 valence electrons. The van der Waals surface area contributed by atoms with E-state index in [1.807, 2.05) is 24.3 Å². The molecule has 0 unspecified atom stereocenters. The average molecular weight is 599 g/mol. The molecule has 0 aromatic heterocycles. The van der Waals surface area contributed by atoms with Crippen LogP contribution < -0.4 is 0 Å². The lowest BCUT2D eigenvalue weighted by Gasteiger charge is -1.99. The van der Waals surface area contributed by atoms with Gasteiger partial charge in [0.1, 0.15) is 11.5 Å². The molecule has 4 aromatic carbocycles. The summed E-state index contributed by atoms with van der Waals surface area (Å²) in [6.07, 6.45) is 0. The third-order valence-corrected chi connectivity index (χ3v) is 7.12. The van der Waals surface area contributed by atoms with Gasteiger partial charge < -0.3 is 10.2 Å². The highest BCUT2D eigenvalue weighted by molar-refractivity contribution is 8.76. The Morgan fingerprint density at radius 3 is 0.914 bits per heavy atom. The van der Waals surface area contributed by atoms with Crippen LogP contribution in [0.3, 0.4) is 0 Å². The first-order valence-electron chi connectivity index (χ1n) is 10.1. The fourth-order valence-corrected chi connectivity index (χ4v) is 3.88. The Morgan fingerprint density at radius 2 is 0.743 bits per heavy atom. The maximum atomic E-state index is 8.63. The zero-order chi connectivity index (χ0) is 26.2. The molecule has 0 bridgehead atoms. The molecule has 2 nitrogen and oxygen atoms in total. The molecule has 9 heteroatoms. The Hall–Kier alpha value is -1.07. The molecule has 0 aliphatic carbocycles. The second-order valence-electron chi connectivity index (χ2n) is 6.13. The summed E-state index contributed by atoms with van der Waals surface area (Å²) in [6.45, 7) is 0. The molecule has 0 amide bonds. The van der Waals surface area contributed by atoms with E-state index in [1.54, 1.807) is 70.1 Å². The van der Waals surface area contributed by atoms with E-state index in [2.05, 4.69) is 110 Å². The Morgan fingerprint density at radius 1 is 0.514 bits per heavy atom. The van der Waals surface area contributed by atoms with Gasteiger partial charge in [-0.3, -0.25) is 0 Å². The van der Waals surface area contributed by atoms with Gasteiger partial charge in [0.15, 0.2) is 0 Å². The predicted octanol–water partition coefficient (Wildman–Crippen LogP) is 9.13. The minimum absolute atomic E-state index is 0.137. The number of benzene rings is 4. The standard InChI is InChI=1S/C12H10S2.2C6H6O.C2H6S3.H2S2/c1-3-7-11(8-4-1)13-14-12-9-5-2-6-10-12;2*7-6-4-2-1-3-5-6;3-1-2(4)5;1-2/h1-10H;2*1-5,7H;2-5H,1H2;1-2H. The van der Waals surface area contributed by atoms with Crippen molar-refractivity contribution >= 4 is 82.8 Å². The van der Waals surface area contributed by atoms with Crippen LogP contribution in [0, 0.1) is 0 Å². The number of rotatable bonds is 4. The van der Waals surface area contributed by atoms with Gasteiger partial charge in [-0.25, -0.2) is 0 Å². The van der Waals surface area contributed by atoms with Crippen LogP contribution in [0.25, 0.3) is 0 Å². The first kappa shape index (κ1) is 33.9. The highest BCUT2D eigenvalue weighted by Crippen LogP contribution is 2.36. The third kappa shape index (κ3) is 21.9. The molecule has 2 N–H and O–H groups in total. The monoisotopic (exact) mass is 598 g/mol. The molecule has 4 aromatic rings. The summed E-state index contributed by atoms with van der Waals surface area (Å²) in [5.41, 5.74) is 0. The molecule has 0 atom stereocenters. The van der Waals surface area contributed by atoms with Gasteiger partial charge in [-0.05, 0) is 48.5 Å². The van der Waals surface area contributed by atoms with Crippen LogP contribution in [0.5, 0.6) is 11.5 Å². The molecule has 4 rings (SSSR count). The van der Waals surface area contributed by atoms with Gasteiger partial charge in [-0.15, -0.1) is 23.3 Å². The number of para-hydroxylation sites is 2. The molecular weight excluding hydrogens is 569 g/mol. The van der Waals surface area contributed by atoms with E-state index in [0.717, 1.165) is 5.75 Å². The van der Waals surface area contributed by atoms with E-state index in [0.29, 0.717) is 11.5 Å². The molecule has 0 aliphatic heterocycles. The van der Waals surface area contributed by atoms with Crippen molar-refractivity contribution in [1.82, 2.24) is 0 Å². The lowest BCUT2D eigenvalue weighted by atomic mass is 10.3. The zero-order valence-corrected chi connectivity index (χ0v) is 24.9. The number of hydrogen-bond donors (Lipinski definition) is 7. The van der Waals surface area contributed by atoms with Gasteiger partial charge in [0, 0.05) is 15.5 Å². The quantitative estimate of drug-likeness (QED) is 0.0727. The number of phenols is 2. The molecule has 0 saturated heterocycles. The van der Waals surface area contributed by atoms with E-state index < -0.39 is 0 Å². The van der Waals surface area contributed by atoms with Crippen LogP contribution in [0.2, 0.25) is 0 Å². The lowest BCUT2D eigenvalue weighted by molar-refractivity contribution is 0.475. The highest BCUT2D eigenvalue weighted by Gasteiger charge is 1.94. The largest absolute Gasteiger partial charge is 0.508 e. The van der Waals surface area contributed by atoms with Crippen molar-refractivity contribution in [3.05, 3.63) is 121 Å². The fourth-order valence-electron chi connectivity index (χ4n) is 1.90. The van der Waals surface area contributed by atoms with Gasteiger partial charge in [-0.2, -0.15) is 37.9 Å². The SMILES string of the molecule is Oc1ccccc1.Oc1ccccc1.SCC(S)S.SS.c1ccc(SSc2ccccc2)cc1. The number of thiol groups is 5. The summed E-state index contributed by atoms with van der Waals surface area (Å²) >= 11 is 18.1. The van der Waals surface area contributed by atoms with Crippen molar-refractivity contribution < 1.29 is 10.2 Å². The van der Waals surface area contributed by atoms with Crippen LogP contribution in [0.4, 0.5) is 0 Å². The van der Waals surface area contributed by atoms with Crippen LogP contribution in [0.15, 0.2) is 131 Å². The first-order chi connectivity index (χ1) is 17.0. The molecule has 35 heavy (non-hydrogen) atoms. The summed E-state index contributed by atoms with van der Waals surface area (Å²) in [6, 6.07) is 38.3. The second-order valence-corrected chi connectivity index (χ2v) is 10.4. The van der Waals surface area contributed by atoms with Crippen molar-refractivity contribution in [1.29, 1.82) is 0 Å². The van der Waals surface area contributed by atoms with E-state index in [-0.39, 0.29) is 4.58 Å². The summed E-state index contributed by atoms with van der Waals surface area (Å²) in [5, 5.41) is 17.3. The molecule has 0 saturated carbocycles. The van der Waals surface area contributed by atoms with Gasteiger partial charge in [-0.1, -0.05) is 94.4 Å². The number of phenolic OH excluding ortho intramolecular Hbond substituents is 2. The van der Waals surface area contributed by atoms with E-state index in [9.17, 15) is 0 Å². The average Bonchev–Trinajstić information content (AvgIpc) is 2.92. The van der Waals surface area contributed by atoms with E-state index >= 15 is 0 Å². The van der Waals surface area contributed by atoms with Crippen molar-refractivity contribution in [2.24, 2.45) is 0 Å². The molecule has 0 radical (unpaired) electrons. The van der Waals surface area contributed by atoms with Crippen molar-refractivity contribution in [2.75, 3.05) is 5.75 Å². The summed E-state index contributed by atoms with van der Waals surface area (Å²) in [7, 11) is 3.58. The minimum Gasteiger partial charge on any atom is -0.508 e. The zero-order valence-electron chi connectivity index (χ0n) is 18.8. The van der Waals surface area contributed by atoms with Gasteiger partial charge in [0.2, 0.25) is 0 Å². The van der Waals surface area contributed by atoms with Gasteiger partial charge in [0.05, 0.1) is 4.58 Å². The van der Waals surface area contributed by atoms with Gasteiger partial charge in [0.25, 0.3) is 0 Å². The van der Waals surface area contributed by atoms with Crippen LogP contribution >= 0.6 is 82.8 Å². The fraction of sp³-hybridized carbons (Fsp3) is 0.0769. The van der Waals surface area contributed by atoms with E-state index in [4.69, 9.17) is 10.2 Å². The van der Waals surface area contributed by atoms with Gasteiger partial charge >= 0.3 is 0 Å². The third-order valence-electron chi connectivity index (χ3n) is 3.40. The second kappa shape index (κ2) is 24.6. The molecular formula is C26H30O2S7. The van der Waals surface area contributed by atoms with E-state index in [1.165, 1.54) is 9.79 Å². The van der Waals surface area contributed by atoms with Crippen molar-refractivity contribution in [2.45, 2.75) is 14.4 Å². The highest BCUT2D eigenvalue weighted by atomic mass is 33.1. The van der Waals surface area contributed by atoms with Crippen molar-refractivity contribution in [3.8, 4) is 11.5 Å². The Bertz CT molecular complexity index is 869. The lowest BCUT2D eigenvalue weighted by Crippen LogP contribution is -1.83. The topological polar surface area (TPSA) is 40.5 Å². The number of aromatic hydroxyl groups is 2. The molecule has 0 fully saturated rings. The molecule has 0 heterocycles. The minimum atomic E-state index is 0.137. The smallest absolute Gasteiger partial charge is 0.115 e. The first-order valence-corrected chi connectivity index (χ1v) is 15.5. The van der Waals surface area contributed by atoms with Crippen LogP contribution in [0.1, 0.15) is 0 Å². The van der Waals surface area contributed by atoms with Crippen LogP contribution in [-0.2, 0) is 0 Å². The number of hydrogen-bond acceptors (Lipinski definition) is 9. The summed E-state index contributed by atoms with van der Waals surface area (Å²) in [5.74, 6) is 1.37. The Kier molecular flexibility index (Phi) is 23.9. The maximum absolute atomic E-state index is 8.63. The normalized spacial score (nSPS) is 8.97. The maximum Gasteiger partial charge on any atom is 0.115 e. The predicted molar refractivity (Wildman–Crippen MR) is 174 cm³/mol.